The third-order valence-corrected chi connectivity index (χ3v) is 3.54. The third kappa shape index (κ3) is 2.24. The molecule has 0 bridgehead atoms. The van der Waals surface area contributed by atoms with E-state index in [9.17, 15) is 4.79 Å². The van der Waals surface area contributed by atoms with E-state index in [-0.39, 0.29) is 5.91 Å². The summed E-state index contributed by atoms with van der Waals surface area (Å²) in [6.07, 6.45) is 2.25. The van der Waals surface area contributed by atoms with Gasteiger partial charge in [0, 0.05) is 19.2 Å². The average Bonchev–Trinajstić information content (AvgIpc) is 2.70. The molecule has 2 rings (SSSR count). The van der Waals surface area contributed by atoms with Crippen molar-refractivity contribution in [3.8, 4) is 5.88 Å². The predicted molar refractivity (Wildman–Crippen MR) is 69.8 cm³/mol. The highest BCUT2D eigenvalue weighted by atomic mass is 32.1. The zero-order valence-corrected chi connectivity index (χ0v) is 10.9. The second kappa shape index (κ2) is 4.96. The van der Waals surface area contributed by atoms with Crippen LogP contribution in [0.25, 0.3) is 0 Å². The second-order valence-corrected chi connectivity index (χ2v) is 4.61. The molecule has 1 amide bonds. The van der Waals surface area contributed by atoms with Crippen molar-refractivity contribution in [1.82, 2.24) is 4.98 Å². The van der Waals surface area contributed by atoms with Crippen LogP contribution in [0.15, 0.2) is 12.3 Å². The monoisotopic (exact) mass is 252 g/mol. The Balaban J connectivity index is 2.37. The number of carbonyl (C=O) groups excluding carboxylic acids is 1. The topological polar surface area (TPSA) is 42.4 Å². The van der Waals surface area contributed by atoms with Crippen LogP contribution in [0.2, 0.25) is 0 Å². The van der Waals surface area contributed by atoms with Crippen molar-refractivity contribution in [1.29, 1.82) is 0 Å². The minimum atomic E-state index is 0.124. The van der Waals surface area contributed by atoms with Crippen molar-refractivity contribution in [3.63, 3.8) is 0 Å². The SMILES string of the molecule is COc1nccc(C)c1N1CC(CS)CC1=O. The maximum Gasteiger partial charge on any atom is 0.237 e. The maximum atomic E-state index is 12.0. The smallest absolute Gasteiger partial charge is 0.237 e. The molecule has 17 heavy (non-hydrogen) atoms. The number of amides is 1. The highest BCUT2D eigenvalue weighted by molar-refractivity contribution is 7.80. The van der Waals surface area contributed by atoms with E-state index in [1.165, 1.54) is 0 Å². The molecule has 1 aromatic rings. The number of methoxy groups -OCH3 is 1. The molecule has 1 saturated heterocycles. The fourth-order valence-corrected chi connectivity index (χ4v) is 2.37. The van der Waals surface area contributed by atoms with Crippen molar-refractivity contribution >= 4 is 24.2 Å². The molecular weight excluding hydrogens is 236 g/mol. The summed E-state index contributed by atoms with van der Waals surface area (Å²) in [5.41, 5.74) is 1.80. The first-order valence-electron chi connectivity index (χ1n) is 5.58. The van der Waals surface area contributed by atoms with Crippen molar-refractivity contribution in [2.24, 2.45) is 5.92 Å². The van der Waals surface area contributed by atoms with E-state index in [1.54, 1.807) is 18.2 Å². The summed E-state index contributed by atoms with van der Waals surface area (Å²) in [5, 5.41) is 0. The van der Waals surface area contributed by atoms with Crippen LogP contribution in [-0.2, 0) is 4.79 Å². The van der Waals surface area contributed by atoms with E-state index >= 15 is 0 Å². The molecule has 1 aliphatic rings. The third-order valence-electron chi connectivity index (χ3n) is 3.02. The summed E-state index contributed by atoms with van der Waals surface area (Å²) >= 11 is 4.26. The first-order chi connectivity index (χ1) is 8.17. The molecule has 0 radical (unpaired) electrons. The largest absolute Gasteiger partial charge is 0.480 e. The van der Waals surface area contributed by atoms with Gasteiger partial charge in [0.05, 0.1) is 7.11 Å². The molecule has 1 atom stereocenters. The Morgan fingerprint density at radius 1 is 1.65 bits per heavy atom. The van der Waals surface area contributed by atoms with E-state index in [4.69, 9.17) is 4.74 Å². The average molecular weight is 252 g/mol. The first kappa shape index (κ1) is 12.2. The van der Waals surface area contributed by atoms with Gasteiger partial charge in [-0.1, -0.05) is 0 Å². The fourth-order valence-electron chi connectivity index (χ4n) is 2.12. The molecule has 5 heteroatoms. The van der Waals surface area contributed by atoms with Crippen molar-refractivity contribution in [3.05, 3.63) is 17.8 Å². The molecule has 0 N–H and O–H groups in total. The zero-order valence-electron chi connectivity index (χ0n) is 10.0. The number of aryl methyl sites for hydroxylation is 1. The Morgan fingerprint density at radius 3 is 3.00 bits per heavy atom. The standard InChI is InChI=1S/C12H16N2O2S/c1-8-3-4-13-12(16-2)11(8)14-6-9(7-17)5-10(14)15/h3-4,9,17H,5-7H2,1-2H3. The highest BCUT2D eigenvalue weighted by Crippen LogP contribution is 2.34. The van der Waals surface area contributed by atoms with Gasteiger partial charge in [-0.2, -0.15) is 12.6 Å². The van der Waals surface area contributed by atoms with Gasteiger partial charge >= 0.3 is 0 Å². The Kier molecular flexibility index (Phi) is 3.57. The minimum absolute atomic E-state index is 0.124. The molecule has 4 nitrogen and oxygen atoms in total. The van der Waals surface area contributed by atoms with Gasteiger partial charge in [0.25, 0.3) is 0 Å². The van der Waals surface area contributed by atoms with Crippen LogP contribution < -0.4 is 9.64 Å². The summed E-state index contributed by atoms with van der Waals surface area (Å²) in [7, 11) is 1.57. The summed E-state index contributed by atoms with van der Waals surface area (Å²) in [6, 6.07) is 1.89. The fraction of sp³-hybridized carbons (Fsp3) is 0.500. The molecule has 92 valence electrons. The van der Waals surface area contributed by atoms with E-state index in [0.717, 1.165) is 17.0 Å². The lowest BCUT2D eigenvalue weighted by atomic mass is 10.1. The van der Waals surface area contributed by atoms with Crippen molar-refractivity contribution < 1.29 is 9.53 Å². The molecule has 1 aromatic heterocycles. The minimum Gasteiger partial charge on any atom is -0.480 e. The van der Waals surface area contributed by atoms with Crippen LogP contribution in [0.4, 0.5) is 5.69 Å². The predicted octanol–water partition coefficient (Wildman–Crippen LogP) is 1.68. The number of nitrogens with zero attached hydrogens (tertiary/aromatic N) is 2. The Morgan fingerprint density at radius 2 is 2.41 bits per heavy atom. The van der Waals surface area contributed by atoms with Crippen LogP contribution >= 0.6 is 12.6 Å². The van der Waals surface area contributed by atoms with Crippen molar-refractivity contribution in [2.75, 3.05) is 24.3 Å². The quantitative estimate of drug-likeness (QED) is 0.832. The van der Waals surface area contributed by atoms with Crippen LogP contribution in [0.5, 0.6) is 5.88 Å². The van der Waals surface area contributed by atoms with Gasteiger partial charge < -0.3 is 9.64 Å². The lowest BCUT2D eigenvalue weighted by Crippen LogP contribution is -2.26. The lowest BCUT2D eigenvalue weighted by Gasteiger charge is -2.20. The Hall–Kier alpha value is -1.23. The van der Waals surface area contributed by atoms with Crippen LogP contribution in [0.1, 0.15) is 12.0 Å². The van der Waals surface area contributed by atoms with E-state index in [2.05, 4.69) is 17.6 Å². The normalized spacial score (nSPS) is 19.8. The molecular formula is C12H16N2O2S. The molecule has 1 unspecified atom stereocenters. The zero-order chi connectivity index (χ0) is 12.4. The number of anilines is 1. The number of carbonyl (C=O) groups is 1. The lowest BCUT2D eigenvalue weighted by molar-refractivity contribution is -0.117. The van der Waals surface area contributed by atoms with E-state index in [0.29, 0.717) is 24.8 Å². The molecule has 1 fully saturated rings. The van der Waals surface area contributed by atoms with Gasteiger partial charge in [-0.25, -0.2) is 4.98 Å². The molecule has 1 aliphatic heterocycles. The molecule has 0 aromatic carbocycles. The van der Waals surface area contributed by atoms with Gasteiger partial charge in [-0.05, 0) is 30.2 Å². The number of hydrogen-bond donors (Lipinski definition) is 1. The van der Waals surface area contributed by atoms with Crippen LogP contribution in [0.3, 0.4) is 0 Å². The van der Waals surface area contributed by atoms with Gasteiger partial charge in [0.15, 0.2) is 0 Å². The van der Waals surface area contributed by atoms with E-state index in [1.807, 2.05) is 13.0 Å². The summed E-state index contributed by atoms with van der Waals surface area (Å²) in [4.78, 5) is 17.9. The number of pyridine rings is 1. The van der Waals surface area contributed by atoms with Gasteiger partial charge in [-0.15, -0.1) is 0 Å². The van der Waals surface area contributed by atoms with Gasteiger partial charge in [0.2, 0.25) is 11.8 Å². The van der Waals surface area contributed by atoms with Crippen molar-refractivity contribution in [2.45, 2.75) is 13.3 Å². The maximum absolute atomic E-state index is 12.0. The second-order valence-electron chi connectivity index (χ2n) is 4.24. The molecule has 0 saturated carbocycles. The number of hydrogen-bond acceptors (Lipinski definition) is 4. The number of aromatic nitrogens is 1. The summed E-state index contributed by atoms with van der Waals surface area (Å²) in [6.45, 7) is 2.66. The molecule has 0 aliphatic carbocycles. The van der Waals surface area contributed by atoms with Crippen LogP contribution in [0, 0.1) is 12.8 Å². The van der Waals surface area contributed by atoms with Gasteiger partial charge in [-0.3, -0.25) is 4.79 Å². The highest BCUT2D eigenvalue weighted by Gasteiger charge is 2.32. The Labute approximate surface area is 106 Å². The number of thiol groups is 1. The summed E-state index contributed by atoms with van der Waals surface area (Å²) in [5.74, 6) is 1.68. The molecule has 0 spiro atoms. The molecule has 2 heterocycles. The number of ether oxygens (including phenoxy) is 1. The number of rotatable bonds is 3. The van der Waals surface area contributed by atoms with E-state index < -0.39 is 0 Å². The first-order valence-corrected chi connectivity index (χ1v) is 6.21. The summed E-state index contributed by atoms with van der Waals surface area (Å²) < 4.78 is 5.23. The van der Waals surface area contributed by atoms with Gasteiger partial charge in [0.1, 0.15) is 5.69 Å². The van der Waals surface area contributed by atoms with Crippen LogP contribution in [-0.4, -0.2) is 30.3 Å². The Bertz CT molecular complexity index is 437.